The van der Waals surface area contributed by atoms with E-state index in [1.807, 2.05) is 69.3 Å². The number of ether oxygens (including phenoxy) is 2. The van der Waals surface area contributed by atoms with E-state index in [0.29, 0.717) is 44.1 Å². The lowest BCUT2D eigenvalue weighted by Gasteiger charge is -2.40. The summed E-state index contributed by atoms with van der Waals surface area (Å²) in [5, 5.41) is 10.3. The topological polar surface area (TPSA) is 99.6 Å². The standard InChI is InChI=1S/C31H41N3O6/c1-5-8-17-32-18-10-16-31-25(28(37)34(21(6-2)20-35)26(31)29(32)38)24-27(36)33(19-9-15-30(24,4)40-31)22-11-13-23(14-12-22)39-7-3/h9-16,21,24-26,35H,5-8,17-20H2,1-4H3/t21-,24+,25-,26?,30-,31-/m0/s1. The third-order valence-electron chi connectivity index (χ3n) is 8.89. The van der Waals surface area contributed by atoms with E-state index in [9.17, 15) is 19.5 Å². The molecule has 1 aromatic carbocycles. The first-order valence-corrected chi connectivity index (χ1v) is 14.6. The van der Waals surface area contributed by atoms with Gasteiger partial charge in [0.2, 0.25) is 17.7 Å². The second-order valence-corrected chi connectivity index (χ2v) is 11.3. The highest BCUT2D eigenvalue weighted by Gasteiger charge is 2.75. The van der Waals surface area contributed by atoms with Gasteiger partial charge in [-0.05, 0) is 51.0 Å². The van der Waals surface area contributed by atoms with Gasteiger partial charge in [-0.1, -0.05) is 44.6 Å². The number of amides is 3. The van der Waals surface area contributed by atoms with Gasteiger partial charge >= 0.3 is 0 Å². The number of hydrogen-bond acceptors (Lipinski definition) is 6. The Bertz CT molecular complexity index is 1190. The molecule has 0 aromatic heterocycles. The van der Waals surface area contributed by atoms with Gasteiger partial charge in [0.25, 0.3) is 0 Å². The molecule has 40 heavy (non-hydrogen) atoms. The summed E-state index contributed by atoms with van der Waals surface area (Å²) in [5.74, 6) is -1.78. The molecular formula is C31H41N3O6. The van der Waals surface area contributed by atoms with Gasteiger partial charge in [-0.15, -0.1) is 0 Å². The zero-order valence-corrected chi connectivity index (χ0v) is 23.9. The molecular weight excluding hydrogens is 510 g/mol. The summed E-state index contributed by atoms with van der Waals surface area (Å²) in [6, 6.07) is 5.83. The lowest BCUT2D eigenvalue weighted by Crippen LogP contribution is -2.58. The van der Waals surface area contributed by atoms with Crippen LogP contribution in [0.25, 0.3) is 0 Å². The van der Waals surface area contributed by atoms with Crippen LogP contribution in [-0.2, 0) is 19.1 Å². The monoisotopic (exact) mass is 551 g/mol. The SMILES string of the molecule is CCCCN1CC=C[C@]23O[C@@]4(C)C=CCN(c5ccc(OCC)cc5)C(=O)[C@H]4[C@H]2C(=O)N([C@@H](CC)CO)C3C1=O. The summed E-state index contributed by atoms with van der Waals surface area (Å²) in [6.07, 6.45) is 9.80. The molecule has 6 atom stereocenters. The number of aliphatic hydroxyl groups is 1. The van der Waals surface area contributed by atoms with Crippen LogP contribution >= 0.6 is 0 Å². The van der Waals surface area contributed by atoms with Crippen molar-refractivity contribution in [2.45, 2.75) is 70.2 Å². The van der Waals surface area contributed by atoms with E-state index in [2.05, 4.69) is 6.92 Å². The van der Waals surface area contributed by atoms with Gasteiger partial charge in [0.15, 0.2) is 0 Å². The Hall–Kier alpha value is -3.17. The van der Waals surface area contributed by atoms with Crippen LogP contribution in [0, 0.1) is 11.8 Å². The van der Waals surface area contributed by atoms with Crippen molar-refractivity contribution in [2.24, 2.45) is 11.8 Å². The molecule has 2 fully saturated rings. The second kappa shape index (κ2) is 11.0. The number of likely N-dealkylation sites (tertiary alicyclic amines) is 1. The van der Waals surface area contributed by atoms with Gasteiger partial charge in [-0.25, -0.2) is 0 Å². The first-order valence-electron chi connectivity index (χ1n) is 14.6. The molecule has 4 aliphatic rings. The highest BCUT2D eigenvalue weighted by Crippen LogP contribution is 2.58. The normalized spacial score (nSPS) is 32.1. The van der Waals surface area contributed by atoms with Crippen LogP contribution in [0.4, 0.5) is 5.69 Å². The Morgan fingerprint density at radius 3 is 2.38 bits per heavy atom. The van der Waals surface area contributed by atoms with Gasteiger partial charge in [0.05, 0.1) is 36.7 Å². The predicted molar refractivity (Wildman–Crippen MR) is 151 cm³/mol. The lowest BCUT2D eigenvalue weighted by atomic mass is 9.74. The fourth-order valence-electron chi connectivity index (χ4n) is 6.99. The number of nitrogens with zero attached hydrogens (tertiary/aromatic N) is 3. The molecule has 9 heteroatoms. The van der Waals surface area contributed by atoms with Crippen LogP contribution in [0.5, 0.6) is 5.75 Å². The largest absolute Gasteiger partial charge is 0.494 e. The highest BCUT2D eigenvalue weighted by molar-refractivity contribution is 6.04. The number of fused-ring (bicyclic) bond motifs is 2. The van der Waals surface area contributed by atoms with Crippen LogP contribution in [0.1, 0.15) is 47.0 Å². The van der Waals surface area contributed by atoms with E-state index in [-0.39, 0.29) is 24.3 Å². The zero-order valence-electron chi connectivity index (χ0n) is 23.9. The fourth-order valence-corrected chi connectivity index (χ4v) is 6.99. The Balaban J connectivity index is 1.59. The molecule has 4 aliphatic heterocycles. The van der Waals surface area contributed by atoms with E-state index >= 15 is 0 Å². The van der Waals surface area contributed by atoms with Crippen molar-refractivity contribution < 1.29 is 29.0 Å². The molecule has 5 rings (SSSR count). The van der Waals surface area contributed by atoms with Gasteiger partial charge in [-0.3, -0.25) is 14.4 Å². The van der Waals surface area contributed by atoms with Crippen molar-refractivity contribution in [3.8, 4) is 5.75 Å². The third-order valence-corrected chi connectivity index (χ3v) is 8.89. The van der Waals surface area contributed by atoms with Crippen molar-refractivity contribution in [1.29, 1.82) is 0 Å². The van der Waals surface area contributed by atoms with E-state index in [1.54, 1.807) is 9.80 Å². The molecule has 1 spiro atoms. The molecule has 9 nitrogen and oxygen atoms in total. The summed E-state index contributed by atoms with van der Waals surface area (Å²) in [4.78, 5) is 48.0. The number of carbonyl (C=O) groups excluding carboxylic acids is 3. The minimum absolute atomic E-state index is 0.193. The van der Waals surface area contributed by atoms with Crippen LogP contribution in [0.15, 0.2) is 48.6 Å². The van der Waals surface area contributed by atoms with Crippen LogP contribution in [-0.4, -0.2) is 88.8 Å². The smallest absolute Gasteiger partial charge is 0.249 e. The number of aliphatic hydroxyl groups excluding tert-OH is 1. The molecule has 0 bridgehead atoms. The Kier molecular flexibility index (Phi) is 7.81. The van der Waals surface area contributed by atoms with E-state index < -0.39 is 35.1 Å². The minimum Gasteiger partial charge on any atom is -0.494 e. The van der Waals surface area contributed by atoms with Crippen LogP contribution < -0.4 is 9.64 Å². The van der Waals surface area contributed by atoms with Crippen molar-refractivity contribution in [1.82, 2.24) is 9.80 Å². The number of unbranched alkanes of at least 4 members (excludes halogenated alkanes) is 1. The summed E-state index contributed by atoms with van der Waals surface area (Å²) < 4.78 is 12.4. The van der Waals surface area contributed by atoms with Gasteiger partial charge < -0.3 is 29.3 Å². The molecule has 0 radical (unpaired) electrons. The number of carbonyl (C=O) groups is 3. The Morgan fingerprint density at radius 2 is 1.73 bits per heavy atom. The first kappa shape index (κ1) is 28.4. The second-order valence-electron chi connectivity index (χ2n) is 11.3. The summed E-state index contributed by atoms with van der Waals surface area (Å²) in [7, 11) is 0. The minimum atomic E-state index is -1.32. The molecule has 1 aromatic rings. The number of benzene rings is 1. The number of hydrogen-bond donors (Lipinski definition) is 1. The van der Waals surface area contributed by atoms with E-state index in [4.69, 9.17) is 9.47 Å². The molecule has 216 valence electrons. The van der Waals surface area contributed by atoms with Crippen molar-refractivity contribution in [2.75, 3.05) is 37.7 Å². The van der Waals surface area contributed by atoms with Crippen LogP contribution in [0.2, 0.25) is 0 Å². The van der Waals surface area contributed by atoms with Gasteiger partial charge in [-0.2, -0.15) is 0 Å². The lowest BCUT2D eigenvalue weighted by molar-refractivity contribution is -0.154. The third kappa shape index (κ3) is 4.34. The summed E-state index contributed by atoms with van der Waals surface area (Å²) in [6.45, 7) is 9.30. The fraction of sp³-hybridized carbons (Fsp3) is 0.581. The van der Waals surface area contributed by atoms with Crippen molar-refractivity contribution >= 4 is 23.4 Å². The maximum Gasteiger partial charge on any atom is 0.249 e. The van der Waals surface area contributed by atoms with E-state index in [0.717, 1.165) is 12.8 Å². The quantitative estimate of drug-likeness (QED) is 0.474. The Morgan fingerprint density at radius 1 is 1.00 bits per heavy atom. The molecule has 4 heterocycles. The first-order chi connectivity index (χ1) is 19.3. The average Bonchev–Trinajstić information content (AvgIpc) is 3.22. The number of rotatable bonds is 9. The molecule has 1 N–H and O–H groups in total. The van der Waals surface area contributed by atoms with Gasteiger partial charge in [0, 0.05) is 25.3 Å². The zero-order chi connectivity index (χ0) is 28.7. The van der Waals surface area contributed by atoms with Crippen LogP contribution in [0.3, 0.4) is 0 Å². The molecule has 3 amide bonds. The highest BCUT2D eigenvalue weighted by atomic mass is 16.5. The molecule has 2 saturated heterocycles. The number of anilines is 1. The molecule has 0 aliphatic carbocycles. The maximum absolute atomic E-state index is 14.4. The average molecular weight is 552 g/mol. The predicted octanol–water partition coefficient (Wildman–Crippen LogP) is 2.93. The van der Waals surface area contributed by atoms with Crippen molar-refractivity contribution in [3.63, 3.8) is 0 Å². The Labute approximate surface area is 236 Å². The van der Waals surface area contributed by atoms with Crippen molar-refractivity contribution in [3.05, 3.63) is 48.6 Å². The summed E-state index contributed by atoms with van der Waals surface area (Å²) >= 11 is 0. The van der Waals surface area contributed by atoms with E-state index in [1.165, 1.54) is 4.90 Å². The molecule has 1 unspecified atom stereocenters. The maximum atomic E-state index is 14.4. The molecule has 0 saturated carbocycles. The van der Waals surface area contributed by atoms with Gasteiger partial charge in [0.1, 0.15) is 17.4 Å². The summed E-state index contributed by atoms with van der Waals surface area (Å²) in [5.41, 5.74) is -1.72.